The lowest BCUT2D eigenvalue weighted by Gasteiger charge is -2.29. The second kappa shape index (κ2) is 9.13. The predicted molar refractivity (Wildman–Crippen MR) is 105 cm³/mol. The third-order valence-electron chi connectivity index (χ3n) is 4.32. The van der Waals surface area contributed by atoms with E-state index in [-0.39, 0.29) is 28.9 Å². The fourth-order valence-electron chi connectivity index (χ4n) is 2.83. The van der Waals surface area contributed by atoms with Gasteiger partial charge in [-0.15, -0.1) is 0 Å². The average molecular weight is 403 g/mol. The molecule has 2 amide bonds. The number of anilines is 1. The predicted octanol–water partition coefficient (Wildman–Crippen LogP) is 3.54. The SMILES string of the molecule is COc1ccc(NC(=O)C(c2ccc(F)cc2)N(C)C(=O)C(C)C)c([N+](=O)[O-])c1. The van der Waals surface area contributed by atoms with Gasteiger partial charge in [-0.1, -0.05) is 26.0 Å². The molecule has 8 nitrogen and oxygen atoms in total. The molecule has 9 heteroatoms. The van der Waals surface area contributed by atoms with E-state index in [9.17, 15) is 24.1 Å². The van der Waals surface area contributed by atoms with Crippen molar-refractivity contribution in [1.29, 1.82) is 0 Å². The number of halogens is 1. The van der Waals surface area contributed by atoms with E-state index in [1.807, 2.05) is 0 Å². The van der Waals surface area contributed by atoms with Crippen molar-refractivity contribution >= 4 is 23.2 Å². The molecule has 1 atom stereocenters. The van der Waals surface area contributed by atoms with E-state index in [1.165, 1.54) is 61.5 Å². The molecule has 154 valence electrons. The molecule has 0 bridgehead atoms. The normalized spacial score (nSPS) is 11.7. The smallest absolute Gasteiger partial charge is 0.296 e. The Labute approximate surface area is 167 Å². The number of hydrogen-bond acceptors (Lipinski definition) is 5. The highest BCUT2D eigenvalue weighted by Gasteiger charge is 2.31. The monoisotopic (exact) mass is 403 g/mol. The van der Waals surface area contributed by atoms with Crippen molar-refractivity contribution < 1.29 is 23.6 Å². The van der Waals surface area contributed by atoms with Crippen LogP contribution < -0.4 is 10.1 Å². The first-order chi connectivity index (χ1) is 13.6. The topological polar surface area (TPSA) is 102 Å². The van der Waals surface area contributed by atoms with Crippen LogP contribution in [0.3, 0.4) is 0 Å². The second-order valence-electron chi connectivity index (χ2n) is 6.69. The van der Waals surface area contributed by atoms with Crippen LogP contribution in [-0.4, -0.2) is 35.8 Å². The van der Waals surface area contributed by atoms with Gasteiger partial charge in [-0.2, -0.15) is 0 Å². The summed E-state index contributed by atoms with van der Waals surface area (Å²) in [6.45, 7) is 3.37. The first kappa shape index (κ1) is 21.8. The summed E-state index contributed by atoms with van der Waals surface area (Å²) in [4.78, 5) is 37.5. The first-order valence-electron chi connectivity index (χ1n) is 8.81. The van der Waals surface area contributed by atoms with Crippen LogP contribution in [0.25, 0.3) is 0 Å². The molecule has 0 heterocycles. The molecule has 2 rings (SSSR count). The van der Waals surface area contributed by atoms with Crippen molar-refractivity contribution in [1.82, 2.24) is 4.90 Å². The fourth-order valence-corrected chi connectivity index (χ4v) is 2.83. The highest BCUT2D eigenvalue weighted by Crippen LogP contribution is 2.31. The highest BCUT2D eigenvalue weighted by molar-refractivity contribution is 5.99. The van der Waals surface area contributed by atoms with Crippen LogP contribution in [0.5, 0.6) is 5.75 Å². The molecule has 0 radical (unpaired) electrons. The summed E-state index contributed by atoms with van der Waals surface area (Å²) in [6.07, 6.45) is 0. The lowest BCUT2D eigenvalue weighted by atomic mass is 10.0. The summed E-state index contributed by atoms with van der Waals surface area (Å²) >= 11 is 0. The lowest BCUT2D eigenvalue weighted by molar-refractivity contribution is -0.384. The fraction of sp³-hybridized carbons (Fsp3) is 0.300. The Hall–Kier alpha value is -3.49. The van der Waals surface area contributed by atoms with Gasteiger partial charge in [-0.05, 0) is 29.8 Å². The Kier molecular flexibility index (Phi) is 6.87. The molecule has 0 fully saturated rings. The number of nitrogens with one attached hydrogen (secondary N) is 1. The van der Waals surface area contributed by atoms with Gasteiger partial charge in [0.2, 0.25) is 5.91 Å². The number of carbonyl (C=O) groups excluding carboxylic acids is 2. The molecule has 1 unspecified atom stereocenters. The molecule has 0 saturated heterocycles. The highest BCUT2D eigenvalue weighted by atomic mass is 19.1. The number of benzene rings is 2. The standard InChI is InChI=1S/C20H22FN3O5/c1-12(2)20(26)23(3)18(13-5-7-14(21)8-6-13)19(25)22-16-10-9-15(29-4)11-17(16)24(27)28/h5-12,18H,1-4H3,(H,22,25). The Morgan fingerprint density at radius 2 is 1.79 bits per heavy atom. The van der Waals surface area contributed by atoms with E-state index >= 15 is 0 Å². The molecular formula is C20H22FN3O5. The molecule has 0 aliphatic rings. The Bertz CT molecular complexity index is 915. The minimum atomic E-state index is -1.10. The lowest BCUT2D eigenvalue weighted by Crippen LogP contribution is -2.40. The van der Waals surface area contributed by atoms with Gasteiger partial charge in [0.15, 0.2) is 0 Å². The quantitative estimate of drug-likeness (QED) is 0.563. The van der Waals surface area contributed by atoms with Gasteiger partial charge >= 0.3 is 0 Å². The third kappa shape index (κ3) is 5.07. The van der Waals surface area contributed by atoms with Crippen molar-refractivity contribution in [3.05, 3.63) is 64.0 Å². The van der Waals surface area contributed by atoms with Gasteiger partial charge in [0.1, 0.15) is 23.3 Å². The Balaban J connectivity index is 2.44. The van der Waals surface area contributed by atoms with Gasteiger partial charge in [-0.25, -0.2) is 4.39 Å². The minimum absolute atomic E-state index is 0.0432. The summed E-state index contributed by atoms with van der Waals surface area (Å²) in [5.74, 6) is -1.58. The summed E-state index contributed by atoms with van der Waals surface area (Å²) in [7, 11) is 2.83. The molecule has 0 saturated carbocycles. The number of amides is 2. The number of carbonyl (C=O) groups is 2. The van der Waals surface area contributed by atoms with E-state index in [4.69, 9.17) is 4.74 Å². The Morgan fingerprint density at radius 3 is 2.31 bits per heavy atom. The number of likely N-dealkylation sites (N-methyl/N-ethyl adjacent to an activating group) is 1. The number of methoxy groups -OCH3 is 1. The van der Waals surface area contributed by atoms with Crippen molar-refractivity contribution in [3.63, 3.8) is 0 Å². The third-order valence-corrected chi connectivity index (χ3v) is 4.32. The molecule has 2 aromatic rings. The van der Waals surface area contributed by atoms with Crippen LogP contribution in [0.15, 0.2) is 42.5 Å². The van der Waals surface area contributed by atoms with Crippen molar-refractivity contribution in [2.75, 3.05) is 19.5 Å². The van der Waals surface area contributed by atoms with E-state index in [0.29, 0.717) is 5.56 Å². The van der Waals surface area contributed by atoms with Gasteiger partial charge in [0, 0.05) is 13.0 Å². The summed E-state index contributed by atoms with van der Waals surface area (Å²) in [5.41, 5.74) is -0.0248. The van der Waals surface area contributed by atoms with E-state index in [0.717, 1.165) is 0 Å². The first-order valence-corrected chi connectivity index (χ1v) is 8.81. The molecule has 0 spiro atoms. The summed E-state index contributed by atoms with van der Waals surface area (Å²) in [5, 5.41) is 13.9. The number of nitrogens with zero attached hydrogens (tertiary/aromatic N) is 2. The number of ether oxygens (including phenoxy) is 1. The zero-order valence-electron chi connectivity index (χ0n) is 16.5. The number of nitro groups is 1. The van der Waals surface area contributed by atoms with Crippen molar-refractivity contribution in [2.45, 2.75) is 19.9 Å². The molecule has 29 heavy (non-hydrogen) atoms. The van der Waals surface area contributed by atoms with Gasteiger partial charge < -0.3 is 15.0 Å². The van der Waals surface area contributed by atoms with Crippen LogP contribution in [0, 0.1) is 21.8 Å². The average Bonchev–Trinajstić information content (AvgIpc) is 2.68. The maximum atomic E-state index is 13.3. The maximum absolute atomic E-state index is 13.3. The van der Waals surface area contributed by atoms with E-state index in [1.54, 1.807) is 13.8 Å². The molecule has 1 N–H and O–H groups in total. The van der Waals surface area contributed by atoms with Crippen LogP contribution in [0.4, 0.5) is 15.8 Å². The largest absolute Gasteiger partial charge is 0.496 e. The van der Waals surface area contributed by atoms with Crippen molar-refractivity contribution in [2.24, 2.45) is 5.92 Å². The molecular weight excluding hydrogens is 381 g/mol. The maximum Gasteiger partial charge on any atom is 0.296 e. The zero-order valence-corrected chi connectivity index (χ0v) is 16.5. The Morgan fingerprint density at radius 1 is 1.17 bits per heavy atom. The molecule has 0 aliphatic carbocycles. The second-order valence-corrected chi connectivity index (χ2v) is 6.69. The summed E-state index contributed by atoms with van der Waals surface area (Å²) in [6, 6.07) is 8.05. The molecule has 0 aliphatic heterocycles. The van der Waals surface area contributed by atoms with Crippen molar-refractivity contribution in [3.8, 4) is 5.75 Å². The molecule has 2 aromatic carbocycles. The zero-order chi connectivity index (χ0) is 21.7. The van der Waals surface area contributed by atoms with E-state index < -0.39 is 22.7 Å². The van der Waals surface area contributed by atoms with Crippen LogP contribution in [0.2, 0.25) is 0 Å². The van der Waals surface area contributed by atoms with Gasteiger partial charge in [0.25, 0.3) is 11.6 Å². The number of rotatable bonds is 7. The van der Waals surface area contributed by atoms with Gasteiger partial charge in [0.05, 0.1) is 18.1 Å². The van der Waals surface area contributed by atoms with Crippen LogP contribution in [0.1, 0.15) is 25.5 Å². The van der Waals surface area contributed by atoms with Gasteiger partial charge in [-0.3, -0.25) is 19.7 Å². The van der Waals surface area contributed by atoms with Crippen LogP contribution in [-0.2, 0) is 9.59 Å². The number of hydrogen-bond donors (Lipinski definition) is 1. The van der Waals surface area contributed by atoms with E-state index in [2.05, 4.69) is 5.32 Å². The molecule has 0 aromatic heterocycles. The minimum Gasteiger partial charge on any atom is -0.496 e. The number of nitro benzene ring substituents is 1. The summed E-state index contributed by atoms with van der Waals surface area (Å²) < 4.78 is 18.3. The van der Waals surface area contributed by atoms with Crippen LogP contribution >= 0.6 is 0 Å².